The number of primary amides is 1. The molecule has 0 aliphatic rings. The molecule has 0 atom stereocenters. The van der Waals surface area contributed by atoms with Crippen LogP contribution in [0.15, 0.2) is 40.1 Å². The predicted octanol–water partition coefficient (Wildman–Crippen LogP) is 4.04. The van der Waals surface area contributed by atoms with Gasteiger partial charge in [0.15, 0.2) is 5.16 Å². The van der Waals surface area contributed by atoms with E-state index in [0.29, 0.717) is 12.3 Å². The van der Waals surface area contributed by atoms with Crippen molar-refractivity contribution in [1.82, 2.24) is 14.9 Å². The summed E-state index contributed by atoms with van der Waals surface area (Å²) < 4.78 is 3.27. The van der Waals surface area contributed by atoms with E-state index in [0.717, 1.165) is 33.2 Å². The summed E-state index contributed by atoms with van der Waals surface area (Å²) in [6, 6.07) is 7.37. The summed E-state index contributed by atoms with van der Waals surface area (Å²) in [4.78, 5) is 26.7. The molecule has 2 aromatic rings. The molecule has 1 heterocycles. The summed E-state index contributed by atoms with van der Waals surface area (Å²) in [6.07, 6.45) is 2.81. The van der Waals surface area contributed by atoms with Crippen molar-refractivity contribution in [1.29, 1.82) is 0 Å². The minimum absolute atomic E-state index is 0.264. The number of rotatable bonds is 8. The molecule has 26 heavy (non-hydrogen) atoms. The van der Waals surface area contributed by atoms with Gasteiger partial charge in [-0.25, -0.2) is 9.78 Å². The van der Waals surface area contributed by atoms with Gasteiger partial charge < -0.3 is 10.3 Å². The molecule has 0 saturated heterocycles. The molecule has 2 rings (SSSR count). The number of nitrogens with two attached hydrogens (primary N) is 1. The van der Waals surface area contributed by atoms with E-state index < -0.39 is 6.03 Å². The minimum atomic E-state index is -0.811. The van der Waals surface area contributed by atoms with E-state index in [2.05, 4.69) is 56.8 Å². The Morgan fingerprint density at radius 3 is 2.62 bits per heavy atom. The number of urea groups is 1. The van der Waals surface area contributed by atoms with Crippen molar-refractivity contribution < 1.29 is 9.59 Å². The fourth-order valence-electron chi connectivity index (χ4n) is 2.46. The number of halogens is 1. The number of imide groups is 1. The number of hydrogen-bond acceptors (Lipinski definition) is 4. The summed E-state index contributed by atoms with van der Waals surface area (Å²) in [5.74, 6) is 0.874. The first kappa shape index (κ1) is 20.5. The van der Waals surface area contributed by atoms with E-state index in [-0.39, 0.29) is 12.3 Å². The zero-order valence-corrected chi connectivity index (χ0v) is 17.3. The molecular weight excluding hydrogens is 416 g/mol. The molecule has 3 amide bonds. The maximum Gasteiger partial charge on any atom is 0.318 e. The molecule has 1 aromatic heterocycles. The van der Waals surface area contributed by atoms with E-state index in [1.807, 2.05) is 18.3 Å². The molecule has 0 unspecified atom stereocenters. The third-order valence-electron chi connectivity index (χ3n) is 3.55. The lowest BCUT2D eigenvalue weighted by Gasteiger charge is -2.14. The molecule has 0 fully saturated rings. The van der Waals surface area contributed by atoms with Gasteiger partial charge in [0.25, 0.3) is 0 Å². The third-order valence-corrected chi connectivity index (χ3v) is 5.15. The van der Waals surface area contributed by atoms with Gasteiger partial charge in [-0.2, -0.15) is 0 Å². The van der Waals surface area contributed by atoms with Crippen molar-refractivity contribution >= 4 is 39.6 Å². The van der Waals surface area contributed by atoms with Crippen LogP contribution in [0.5, 0.6) is 0 Å². The van der Waals surface area contributed by atoms with Crippen LogP contribution in [-0.4, -0.2) is 27.2 Å². The van der Waals surface area contributed by atoms with Crippen LogP contribution < -0.4 is 11.1 Å². The molecule has 0 saturated carbocycles. The van der Waals surface area contributed by atoms with Gasteiger partial charge >= 0.3 is 6.03 Å². The summed E-state index contributed by atoms with van der Waals surface area (Å²) in [5, 5.41) is 3.01. The van der Waals surface area contributed by atoms with Crippen LogP contribution >= 0.6 is 27.7 Å². The number of carbonyl (C=O) groups excluding carboxylic acids is 2. The number of nitrogens with one attached hydrogen (secondary N) is 1. The van der Waals surface area contributed by atoms with Gasteiger partial charge in [-0.15, -0.1) is 0 Å². The highest BCUT2D eigenvalue weighted by Gasteiger charge is 2.14. The molecule has 140 valence electrons. The molecule has 3 N–H and O–H groups in total. The Bertz CT molecular complexity index is 759. The standard InChI is InChI=1S/C18H23BrN4O2S/c1-12(2)11-23-15(13-5-7-14(19)8-6-13)10-21-18(23)26-9-3-4-16(24)22-17(20)25/h5-8,10,12H,3-4,9,11H2,1-2H3,(H3,20,22,24,25). The molecule has 0 aliphatic carbocycles. The highest BCUT2D eigenvalue weighted by Crippen LogP contribution is 2.28. The summed E-state index contributed by atoms with van der Waals surface area (Å²) >= 11 is 5.08. The van der Waals surface area contributed by atoms with E-state index in [1.54, 1.807) is 11.8 Å². The van der Waals surface area contributed by atoms with Crippen molar-refractivity contribution in [2.24, 2.45) is 11.7 Å². The first-order valence-electron chi connectivity index (χ1n) is 8.40. The maximum absolute atomic E-state index is 11.4. The van der Waals surface area contributed by atoms with Crippen molar-refractivity contribution in [2.45, 2.75) is 38.4 Å². The Kier molecular flexibility index (Phi) is 7.71. The first-order valence-corrected chi connectivity index (χ1v) is 10.2. The zero-order chi connectivity index (χ0) is 19.1. The van der Waals surface area contributed by atoms with Gasteiger partial charge in [0.05, 0.1) is 11.9 Å². The number of benzene rings is 1. The highest BCUT2D eigenvalue weighted by atomic mass is 79.9. The quantitative estimate of drug-likeness (QED) is 0.480. The molecule has 6 nitrogen and oxygen atoms in total. The van der Waals surface area contributed by atoms with E-state index >= 15 is 0 Å². The number of amides is 3. The molecule has 0 aliphatic heterocycles. The number of aromatic nitrogens is 2. The average molecular weight is 439 g/mol. The van der Waals surface area contributed by atoms with Crippen molar-refractivity contribution in [2.75, 3.05) is 5.75 Å². The third kappa shape index (κ3) is 6.17. The van der Waals surface area contributed by atoms with Crippen LogP contribution in [0, 0.1) is 5.92 Å². The van der Waals surface area contributed by atoms with Crippen molar-refractivity contribution in [3.63, 3.8) is 0 Å². The Morgan fingerprint density at radius 2 is 2.00 bits per heavy atom. The zero-order valence-electron chi connectivity index (χ0n) is 14.9. The summed E-state index contributed by atoms with van der Waals surface area (Å²) in [5.41, 5.74) is 7.13. The number of imidazole rings is 1. The number of thioether (sulfide) groups is 1. The Labute approximate surface area is 166 Å². The Balaban J connectivity index is 2.05. The van der Waals surface area contributed by atoms with Crippen LogP contribution in [0.2, 0.25) is 0 Å². The highest BCUT2D eigenvalue weighted by molar-refractivity contribution is 9.10. The van der Waals surface area contributed by atoms with E-state index in [4.69, 9.17) is 5.73 Å². The fourth-order valence-corrected chi connectivity index (χ4v) is 3.65. The normalized spacial score (nSPS) is 10.9. The van der Waals surface area contributed by atoms with Crippen LogP contribution in [0.3, 0.4) is 0 Å². The summed E-state index contributed by atoms with van der Waals surface area (Å²) in [7, 11) is 0. The number of hydrogen-bond donors (Lipinski definition) is 2. The summed E-state index contributed by atoms with van der Waals surface area (Å²) in [6.45, 7) is 5.22. The van der Waals surface area contributed by atoms with Crippen molar-refractivity contribution in [3.05, 3.63) is 34.9 Å². The minimum Gasteiger partial charge on any atom is -0.351 e. The van der Waals surface area contributed by atoms with Gasteiger partial charge in [-0.05, 0) is 30.0 Å². The molecule has 0 bridgehead atoms. The Morgan fingerprint density at radius 1 is 1.31 bits per heavy atom. The van der Waals surface area contributed by atoms with Gasteiger partial charge in [-0.1, -0.05) is 53.7 Å². The maximum atomic E-state index is 11.4. The topological polar surface area (TPSA) is 90.0 Å². The van der Waals surface area contributed by atoms with E-state index in [9.17, 15) is 9.59 Å². The lowest BCUT2D eigenvalue weighted by atomic mass is 10.1. The van der Waals surface area contributed by atoms with Crippen LogP contribution in [-0.2, 0) is 11.3 Å². The molecule has 0 spiro atoms. The van der Waals surface area contributed by atoms with Gasteiger partial charge in [-0.3, -0.25) is 10.1 Å². The number of carbonyl (C=O) groups is 2. The number of nitrogens with zero attached hydrogens (tertiary/aromatic N) is 2. The first-order chi connectivity index (χ1) is 12.4. The fraction of sp³-hybridized carbons (Fsp3) is 0.389. The Hall–Kier alpha value is -1.80. The SMILES string of the molecule is CC(C)Cn1c(-c2ccc(Br)cc2)cnc1SCCCC(=O)NC(N)=O. The molecule has 1 aromatic carbocycles. The van der Waals surface area contributed by atoms with Gasteiger partial charge in [0, 0.05) is 23.2 Å². The van der Waals surface area contributed by atoms with Gasteiger partial charge in [0.1, 0.15) is 0 Å². The second-order valence-electron chi connectivity index (χ2n) is 6.30. The van der Waals surface area contributed by atoms with Crippen LogP contribution in [0.25, 0.3) is 11.3 Å². The second-order valence-corrected chi connectivity index (χ2v) is 8.28. The lowest BCUT2D eigenvalue weighted by molar-refractivity contribution is -0.119. The van der Waals surface area contributed by atoms with E-state index in [1.165, 1.54) is 0 Å². The molecular formula is C18H23BrN4O2S. The predicted molar refractivity (Wildman–Crippen MR) is 108 cm³/mol. The smallest absolute Gasteiger partial charge is 0.318 e. The van der Waals surface area contributed by atoms with Crippen molar-refractivity contribution in [3.8, 4) is 11.3 Å². The molecule has 0 radical (unpaired) electrons. The lowest BCUT2D eigenvalue weighted by Crippen LogP contribution is -2.34. The van der Waals surface area contributed by atoms with Gasteiger partial charge in [0.2, 0.25) is 5.91 Å². The average Bonchev–Trinajstić information content (AvgIpc) is 2.94. The molecule has 8 heteroatoms. The van der Waals surface area contributed by atoms with Crippen LogP contribution in [0.4, 0.5) is 4.79 Å². The van der Waals surface area contributed by atoms with Crippen LogP contribution in [0.1, 0.15) is 26.7 Å². The largest absolute Gasteiger partial charge is 0.351 e. The second kappa shape index (κ2) is 9.78. The monoisotopic (exact) mass is 438 g/mol.